The minimum absolute atomic E-state index is 0. The lowest BCUT2D eigenvalue weighted by molar-refractivity contribution is -0.140. The van der Waals surface area contributed by atoms with Gasteiger partial charge in [0.05, 0.1) is 6.04 Å². The Bertz CT molecular complexity index is 542. The maximum Gasteiger partial charge on any atom is 0.345 e. The summed E-state index contributed by atoms with van der Waals surface area (Å²) in [7, 11) is 0. The number of hydrogen-bond acceptors (Lipinski definition) is 4. The Kier molecular flexibility index (Phi) is 5.23. The average molecular weight is 327 g/mol. The fourth-order valence-electron chi connectivity index (χ4n) is 2.89. The van der Waals surface area contributed by atoms with Gasteiger partial charge in [-0.2, -0.15) is 5.06 Å². The van der Waals surface area contributed by atoms with Crippen LogP contribution in [-0.4, -0.2) is 40.5 Å². The Morgan fingerprint density at radius 1 is 1.32 bits per heavy atom. The number of hydrogen-bond donors (Lipinski definition) is 2. The number of hydrazine groups is 1. The normalized spacial score (nSPS) is 23.2. The van der Waals surface area contributed by atoms with Crippen molar-refractivity contribution in [2.45, 2.75) is 31.5 Å². The van der Waals surface area contributed by atoms with Gasteiger partial charge in [-0.1, -0.05) is 30.3 Å². The first kappa shape index (κ1) is 16.5. The van der Waals surface area contributed by atoms with E-state index in [0.717, 1.165) is 12.0 Å². The molecule has 3 rings (SSSR count). The van der Waals surface area contributed by atoms with Crippen LogP contribution < -0.4 is 11.3 Å². The van der Waals surface area contributed by atoms with Crippen LogP contribution in [0.5, 0.6) is 0 Å². The van der Waals surface area contributed by atoms with Crippen molar-refractivity contribution in [2.75, 3.05) is 6.54 Å². The van der Waals surface area contributed by atoms with Gasteiger partial charge in [-0.3, -0.25) is 15.1 Å². The highest BCUT2D eigenvalue weighted by Crippen LogP contribution is 2.30. The van der Waals surface area contributed by atoms with E-state index in [1.54, 1.807) is 0 Å². The van der Waals surface area contributed by atoms with Crippen LogP contribution in [0.1, 0.15) is 18.4 Å². The lowest BCUT2D eigenvalue weighted by Gasteiger charge is -2.28. The van der Waals surface area contributed by atoms with E-state index in [2.05, 4.69) is 5.43 Å². The van der Waals surface area contributed by atoms with Gasteiger partial charge in [0, 0.05) is 6.54 Å². The van der Waals surface area contributed by atoms with Crippen molar-refractivity contribution in [1.29, 1.82) is 0 Å². The van der Waals surface area contributed by atoms with Crippen LogP contribution in [0.2, 0.25) is 0 Å². The van der Waals surface area contributed by atoms with Crippen LogP contribution in [0.4, 0.5) is 4.79 Å². The van der Waals surface area contributed by atoms with Crippen LogP contribution in [0.25, 0.3) is 0 Å². The fourth-order valence-corrected chi connectivity index (χ4v) is 2.89. The molecule has 120 valence electrons. The number of benzene rings is 1. The highest BCUT2D eigenvalue weighted by Gasteiger charge is 2.47. The number of nitrogens with two attached hydrogens (primary N) is 1. The molecular formula is C14H19ClN4O3. The summed E-state index contributed by atoms with van der Waals surface area (Å²) in [6, 6.07) is 8.91. The van der Waals surface area contributed by atoms with Gasteiger partial charge >= 0.3 is 6.03 Å². The van der Waals surface area contributed by atoms with Crippen molar-refractivity contribution < 1.29 is 14.4 Å². The van der Waals surface area contributed by atoms with E-state index >= 15 is 0 Å². The summed E-state index contributed by atoms with van der Waals surface area (Å²) in [5.74, 6) is 4.84. The largest absolute Gasteiger partial charge is 0.345 e. The molecule has 3 amide bonds. The second kappa shape index (κ2) is 6.95. The summed E-state index contributed by atoms with van der Waals surface area (Å²) >= 11 is 0. The van der Waals surface area contributed by atoms with Crippen LogP contribution >= 0.6 is 12.4 Å². The minimum atomic E-state index is -0.496. The number of nitrogens with zero attached hydrogens (tertiary/aromatic N) is 2. The number of fused-ring (bicyclic) bond motifs is 2. The van der Waals surface area contributed by atoms with E-state index in [4.69, 9.17) is 10.7 Å². The molecule has 7 nitrogen and oxygen atoms in total. The van der Waals surface area contributed by atoms with E-state index < -0.39 is 6.04 Å². The molecule has 0 saturated carbocycles. The topological polar surface area (TPSA) is 87.9 Å². The summed E-state index contributed by atoms with van der Waals surface area (Å²) in [6.45, 7) is 0.844. The van der Waals surface area contributed by atoms with Gasteiger partial charge < -0.3 is 4.90 Å². The first-order valence-electron chi connectivity index (χ1n) is 6.98. The van der Waals surface area contributed by atoms with Gasteiger partial charge in [-0.15, -0.1) is 12.4 Å². The van der Waals surface area contributed by atoms with Crippen molar-refractivity contribution in [2.24, 2.45) is 5.84 Å². The zero-order chi connectivity index (χ0) is 14.8. The number of urea groups is 1. The highest BCUT2D eigenvalue weighted by molar-refractivity contribution is 5.88. The summed E-state index contributed by atoms with van der Waals surface area (Å²) < 4.78 is 0. The predicted molar refractivity (Wildman–Crippen MR) is 81.6 cm³/mol. The Morgan fingerprint density at radius 3 is 2.73 bits per heavy atom. The fraction of sp³-hybridized carbons (Fsp3) is 0.429. The zero-order valence-corrected chi connectivity index (χ0v) is 12.8. The molecule has 3 N–H and O–H groups in total. The lowest BCUT2D eigenvalue weighted by atomic mass is 10.0. The number of carbonyl (C=O) groups is 2. The number of halogens is 1. The quantitative estimate of drug-likeness (QED) is 0.486. The molecule has 0 aliphatic carbocycles. The molecule has 2 bridgehead atoms. The third-order valence-corrected chi connectivity index (χ3v) is 3.98. The molecule has 22 heavy (non-hydrogen) atoms. The number of amides is 3. The van der Waals surface area contributed by atoms with E-state index in [1.165, 1.54) is 9.96 Å². The number of hydroxylamine groups is 2. The average Bonchev–Trinajstić information content (AvgIpc) is 2.77. The molecule has 2 heterocycles. The van der Waals surface area contributed by atoms with Gasteiger partial charge in [-0.25, -0.2) is 10.6 Å². The second-order valence-corrected chi connectivity index (χ2v) is 5.28. The zero-order valence-electron chi connectivity index (χ0n) is 12.0. The SMILES string of the molecule is Cl.NNC(=O)[C@@H]1CC[C@@H]2CN1C(=O)N2OCc1ccccc1. The molecule has 0 radical (unpaired) electrons. The van der Waals surface area contributed by atoms with Gasteiger partial charge in [0.2, 0.25) is 0 Å². The maximum absolute atomic E-state index is 12.3. The third kappa shape index (κ3) is 3.01. The minimum Gasteiger partial charge on any atom is -0.309 e. The van der Waals surface area contributed by atoms with Crippen LogP contribution in [0.3, 0.4) is 0 Å². The van der Waals surface area contributed by atoms with Crippen LogP contribution in [-0.2, 0) is 16.2 Å². The van der Waals surface area contributed by atoms with Gasteiger partial charge in [0.15, 0.2) is 0 Å². The Hall–Kier alpha value is -1.83. The Balaban J connectivity index is 0.00000176. The van der Waals surface area contributed by atoms with Crippen LogP contribution in [0.15, 0.2) is 30.3 Å². The van der Waals surface area contributed by atoms with Crippen molar-refractivity contribution in [1.82, 2.24) is 15.4 Å². The van der Waals surface area contributed by atoms with Crippen molar-refractivity contribution in [3.05, 3.63) is 35.9 Å². The maximum atomic E-state index is 12.3. The summed E-state index contributed by atoms with van der Waals surface area (Å²) in [6.07, 6.45) is 1.33. The first-order chi connectivity index (χ1) is 10.2. The molecule has 2 aliphatic heterocycles. The van der Waals surface area contributed by atoms with Crippen LogP contribution in [0, 0.1) is 0 Å². The number of piperidine rings is 1. The van der Waals surface area contributed by atoms with Gasteiger partial charge in [-0.05, 0) is 18.4 Å². The highest BCUT2D eigenvalue weighted by atomic mass is 35.5. The third-order valence-electron chi connectivity index (χ3n) is 3.98. The van der Waals surface area contributed by atoms with E-state index in [1.807, 2.05) is 30.3 Å². The number of rotatable bonds is 4. The molecule has 1 aromatic carbocycles. The standard InChI is InChI=1S/C14H18N4O3.ClH/c15-16-13(19)12-7-6-11-8-17(12)14(20)18(11)21-9-10-4-2-1-3-5-10;/h1-5,11-12H,6-9,15H2,(H,16,19);1H/t11-,12+;/m1./s1. The summed E-state index contributed by atoms with van der Waals surface area (Å²) in [5, 5.41) is 1.40. The molecule has 1 aromatic rings. The monoisotopic (exact) mass is 326 g/mol. The molecule has 0 spiro atoms. The molecule has 2 atom stereocenters. The smallest absolute Gasteiger partial charge is 0.309 e. The van der Waals surface area contributed by atoms with E-state index in [9.17, 15) is 9.59 Å². The molecule has 0 aromatic heterocycles. The van der Waals surface area contributed by atoms with Gasteiger partial charge in [0.25, 0.3) is 5.91 Å². The predicted octanol–water partition coefficient (Wildman–Crippen LogP) is 0.798. The first-order valence-corrected chi connectivity index (χ1v) is 6.98. The molecule has 2 fully saturated rings. The second-order valence-electron chi connectivity index (χ2n) is 5.28. The molecule has 2 saturated heterocycles. The summed E-state index contributed by atoms with van der Waals surface area (Å²) in [4.78, 5) is 31.2. The van der Waals surface area contributed by atoms with Crippen molar-refractivity contribution in [3.8, 4) is 0 Å². The number of carbonyl (C=O) groups excluding carboxylic acids is 2. The van der Waals surface area contributed by atoms with Crippen molar-refractivity contribution in [3.63, 3.8) is 0 Å². The van der Waals surface area contributed by atoms with Crippen molar-refractivity contribution >= 4 is 24.3 Å². The van der Waals surface area contributed by atoms with E-state index in [-0.39, 0.29) is 30.4 Å². The van der Waals surface area contributed by atoms with Gasteiger partial charge in [0.1, 0.15) is 12.6 Å². The Labute approximate surface area is 134 Å². The number of nitrogens with one attached hydrogen (secondary N) is 1. The summed E-state index contributed by atoms with van der Waals surface area (Å²) in [5.41, 5.74) is 3.12. The molecule has 2 aliphatic rings. The Morgan fingerprint density at radius 2 is 2.05 bits per heavy atom. The van der Waals surface area contributed by atoms with E-state index in [0.29, 0.717) is 19.6 Å². The molecule has 0 unspecified atom stereocenters. The lowest BCUT2D eigenvalue weighted by Crippen LogP contribution is -2.51. The molecular weight excluding hydrogens is 308 g/mol. The molecule has 8 heteroatoms.